The Morgan fingerprint density at radius 2 is 1.92 bits per heavy atom. The van der Waals surface area contributed by atoms with Crippen molar-refractivity contribution in [1.82, 2.24) is 14.5 Å². The maximum absolute atomic E-state index is 6.41. The van der Waals surface area contributed by atoms with Crippen LogP contribution in [0.25, 0.3) is 11.2 Å². The SMILES string of the molecule is COc1ccc(C2CCc3cc(Cn4cnc5cc(C#CC(C)(C)N)cnc54)cc(OC)c3O2)cc1. The molecule has 0 saturated carbocycles. The van der Waals surface area contributed by atoms with Crippen LogP contribution in [-0.2, 0) is 13.0 Å². The van der Waals surface area contributed by atoms with E-state index in [1.54, 1.807) is 20.4 Å². The molecular formula is C29H30N4O3. The minimum Gasteiger partial charge on any atom is -0.497 e. The first-order valence-electron chi connectivity index (χ1n) is 12.0. The van der Waals surface area contributed by atoms with Crippen LogP contribution in [0.5, 0.6) is 17.2 Å². The first-order valence-corrected chi connectivity index (χ1v) is 12.0. The molecule has 1 aliphatic heterocycles. The molecule has 1 atom stereocenters. The van der Waals surface area contributed by atoms with Crippen molar-refractivity contribution < 1.29 is 14.2 Å². The van der Waals surface area contributed by atoms with Crippen LogP contribution < -0.4 is 19.9 Å². The van der Waals surface area contributed by atoms with Gasteiger partial charge in [0.2, 0.25) is 0 Å². The monoisotopic (exact) mass is 482 g/mol. The third-order valence-corrected chi connectivity index (χ3v) is 6.17. The van der Waals surface area contributed by atoms with Crippen molar-refractivity contribution >= 4 is 11.2 Å². The Bertz CT molecular complexity index is 1440. The molecule has 1 unspecified atom stereocenters. The maximum Gasteiger partial charge on any atom is 0.165 e. The van der Waals surface area contributed by atoms with Gasteiger partial charge >= 0.3 is 0 Å². The van der Waals surface area contributed by atoms with Crippen LogP contribution in [0.2, 0.25) is 0 Å². The lowest BCUT2D eigenvalue weighted by molar-refractivity contribution is 0.168. The normalized spacial score (nSPS) is 15.0. The summed E-state index contributed by atoms with van der Waals surface area (Å²) < 4.78 is 19.5. The van der Waals surface area contributed by atoms with Crippen LogP contribution in [0.4, 0.5) is 0 Å². The molecular weight excluding hydrogens is 452 g/mol. The van der Waals surface area contributed by atoms with Gasteiger partial charge in [0.25, 0.3) is 0 Å². The van der Waals surface area contributed by atoms with Crippen molar-refractivity contribution in [3.8, 4) is 29.1 Å². The molecule has 36 heavy (non-hydrogen) atoms. The highest BCUT2D eigenvalue weighted by atomic mass is 16.5. The number of hydrogen-bond donors (Lipinski definition) is 1. The number of pyridine rings is 1. The van der Waals surface area contributed by atoms with Gasteiger partial charge in [-0.25, -0.2) is 9.97 Å². The number of benzene rings is 2. The standard InChI is InChI=1S/C29H30N4O3/c1-29(2,30)12-11-19-14-24-28(31-16-19)33(18-32-24)17-20-13-22-7-10-25(36-27(22)26(15-20)35-4)21-5-8-23(34-3)9-6-21/h5-6,8-9,13-16,18,25H,7,10,17,30H2,1-4H3. The predicted molar refractivity (Wildman–Crippen MR) is 139 cm³/mol. The lowest BCUT2D eigenvalue weighted by atomic mass is 9.95. The Morgan fingerprint density at radius 1 is 1.11 bits per heavy atom. The van der Waals surface area contributed by atoms with Crippen molar-refractivity contribution in [1.29, 1.82) is 0 Å². The number of aryl methyl sites for hydroxylation is 1. The number of nitrogens with two attached hydrogens (primary N) is 1. The van der Waals surface area contributed by atoms with Crippen LogP contribution in [0, 0.1) is 11.8 Å². The highest BCUT2D eigenvalue weighted by Gasteiger charge is 2.25. The molecule has 0 aliphatic carbocycles. The number of rotatable bonds is 5. The molecule has 7 nitrogen and oxygen atoms in total. The van der Waals surface area contributed by atoms with E-state index < -0.39 is 5.54 Å². The molecule has 7 heteroatoms. The summed E-state index contributed by atoms with van der Waals surface area (Å²) >= 11 is 0. The highest BCUT2D eigenvalue weighted by Crippen LogP contribution is 2.42. The highest BCUT2D eigenvalue weighted by molar-refractivity contribution is 5.72. The zero-order chi connectivity index (χ0) is 25.3. The summed E-state index contributed by atoms with van der Waals surface area (Å²) in [6, 6.07) is 14.2. The van der Waals surface area contributed by atoms with Gasteiger partial charge in [-0.15, -0.1) is 0 Å². The Balaban J connectivity index is 1.38. The fourth-order valence-corrected chi connectivity index (χ4v) is 4.39. The molecule has 0 radical (unpaired) electrons. The van der Waals surface area contributed by atoms with Crippen molar-refractivity contribution in [2.45, 2.75) is 44.9 Å². The van der Waals surface area contributed by atoms with Gasteiger partial charge in [-0.05, 0) is 67.6 Å². The minimum absolute atomic E-state index is 0.0212. The second-order valence-electron chi connectivity index (χ2n) is 9.62. The summed E-state index contributed by atoms with van der Waals surface area (Å²) in [5, 5.41) is 0. The molecule has 0 bridgehead atoms. The van der Waals surface area contributed by atoms with Gasteiger partial charge in [-0.2, -0.15) is 0 Å². The Morgan fingerprint density at radius 3 is 2.64 bits per heavy atom. The fourth-order valence-electron chi connectivity index (χ4n) is 4.39. The van der Waals surface area contributed by atoms with E-state index in [0.717, 1.165) is 63.5 Å². The molecule has 1 aliphatic rings. The van der Waals surface area contributed by atoms with E-state index >= 15 is 0 Å². The Labute approximate surface area is 211 Å². The summed E-state index contributed by atoms with van der Waals surface area (Å²) in [6.07, 6.45) is 5.35. The number of hydrogen-bond acceptors (Lipinski definition) is 6. The van der Waals surface area contributed by atoms with E-state index in [0.29, 0.717) is 6.54 Å². The lowest BCUT2D eigenvalue weighted by Gasteiger charge is -2.28. The number of imidazole rings is 1. The zero-order valence-electron chi connectivity index (χ0n) is 21.0. The summed E-state index contributed by atoms with van der Waals surface area (Å²) in [7, 11) is 3.35. The average molecular weight is 483 g/mol. The van der Waals surface area contributed by atoms with Crippen LogP contribution in [0.15, 0.2) is 55.0 Å². The topological polar surface area (TPSA) is 84.4 Å². The number of nitrogens with zero attached hydrogens (tertiary/aromatic N) is 3. The zero-order valence-corrected chi connectivity index (χ0v) is 21.0. The predicted octanol–water partition coefficient (Wildman–Crippen LogP) is 4.65. The summed E-state index contributed by atoms with van der Waals surface area (Å²) in [5.74, 6) is 8.50. The number of fused-ring (bicyclic) bond motifs is 2. The van der Waals surface area contributed by atoms with Crippen LogP contribution in [0.1, 0.15) is 48.6 Å². The van der Waals surface area contributed by atoms with Gasteiger partial charge in [0, 0.05) is 11.8 Å². The molecule has 3 heterocycles. The third-order valence-electron chi connectivity index (χ3n) is 6.17. The smallest absolute Gasteiger partial charge is 0.165 e. The first kappa shape index (κ1) is 23.7. The van der Waals surface area contributed by atoms with E-state index in [2.05, 4.69) is 40.0 Å². The molecule has 0 spiro atoms. The summed E-state index contributed by atoms with van der Waals surface area (Å²) in [6.45, 7) is 4.37. The maximum atomic E-state index is 6.41. The van der Waals surface area contributed by atoms with Gasteiger partial charge in [-0.3, -0.25) is 0 Å². The fraction of sp³-hybridized carbons (Fsp3) is 0.310. The van der Waals surface area contributed by atoms with Gasteiger partial charge < -0.3 is 24.5 Å². The molecule has 2 aromatic heterocycles. The summed E-state index contributed by atoms with van der Waals surface area (Å²) in [5.41, 5.74) is 11.2. The van der Waals surface area contributed by atoms with Crippen molar-refractivity contribution in [3.05, 3.63) is 77.2 Å². The van der Waals surface area contributed by atoms with Gasteiger partial charge in [0.1, 0.15) is 17.4 Å². The average Bonchev–Trinajstić information content (AvgIpc) is 3.28. The second kappa shape index (κ2) is 9.56. The number of methoxy groups -OCH3 is 2. The molecule has 2 N–H and O–H groups in total. The van der Waals surface area contributed by atoms with E-state index in [-0.39, 0.29) is 6.10 Å². The Hall–Kier alpha value is -4.02. The molecule has 0 saturated heterocycles. The largest absolute Gasteiger partial charge is 0.497 e. The van der Waals surface area contributed by atoms with Crippen LogP contribution in [-0.4, -0.2) is 34.3 Å². The van der Waals surface area contributed by atoms with E-state index in [1.807, 2.05) is 49.0 Å². The molecule has 184 valence electrons. The van der Waals surface area contributed by atoms with Crippen molar-refractivity contribution in [2.24, 2.45) is 5.73 Å². The van der Waals surface area contributed by atoms with Crippen LogP contribution in [0.3, 0.4) is 0 Å². The second-order valence-corrected chi connectivity index (χ2v) is 9.62. The van der Waals surface area contributed by atoms with Gasteiger partial charge in [0.05, 0.1) is 32.6 Å². The molecule has 0 amide bonds. The molecule has 0 fully saturated rings. The summed E-state index contributed by atoms with van der Waals surface area (Å²) in [4.78, 5) is 9.16. The van der Waals surface area contributed by atoms with E-state index in [4.69, 9.17) is 19.9 Å². The van der Waals surface area contributed by atoms with Crippen LogP contribution >= 0.6 is 0 Å². The van der Waals surface area contributed by atoms with E-state index in [9.17, 15) is 0 Å². The lowest BCUT2D eigenvalue weighted by Crippen LogP contribution is -2.29. The number of aromatic nitrogens is 3. The van der Waals surface area contributed by atoms with Gasteiger partial charge in [0.15, 0.2) is 17.1 Å². The minimum atomic E-state index is -0.557. The van der Waals surface area contributed by atoms with E-state index in [1.165, 1.54) is 0 Å². The Kier molecular flexibility index (Phi) is 6.29. The molecule has 5 rings (SSSR count). The van der Waals surface area contributed by atoms with Gasteiger partial charge in [-0.1, -0.05) is 30.0 Å². The van der Waals surface area contributed by atoms with Crippen molar-refractivity contribution in [3.63, 3.8) is 0 Å². The quantitative estimate of drug-likeness (QED) is 0.417. The first-order chi connectivity index (χ1) is 17.3. The number of ether oxygens (including phenoxy) is 3. The molecule has 2 aromatic carbocycles. The molecule has 4 aromatic rings. The van der Waals surface area contributed by atoms with Crippen molar-refractivity contribution in [2.75, 3.05) is 14.2 Å². The third kappa shape index (κ3) is 5.00.